The van der Waals surface area contributed by atoms with Crippen molar-refractivity contribution >= 4 is 64.1 Å². The molecule has 1 aliphatic rings. The number of imidazole rings is 2. The van der Waals surface area contributed by atoms with Crippen LogP contribution >= 0.6 is 0 Å². The summed E-state index contributed by atoms with van der Waals surface area (Å²) in [5.74, 6) is -0.398. The van der Waals surface area contributed by atoms with E-state index in [4.69, 9.17) is 29.9 Å². The number of hydrogen-bond acceptors (Lipinski definition) is 12. The van der Waals surface area contributed by atoms with Gasteiger partial charge in [0.25, 0.3) is 24.2 Å². The van der Waals surface area contributed by atoms with Crippen molar-refractivity contribution < 1.29 is 38.2 Å². The van der Waals surface area contributed by atoms with Gasteiger partial charge in [0, 0.05) is 50.3 Å². The molecule has 0 unspecified atom stereocenters. The van der Waals surface area contributed by atoms with E-state index in [9.17, 15) is 24.0 Å². The summed E-state index contributed by atoms with van der Waals surface area (Å²) in [6.45, 7) is 9.65. The number of nitrogens with one attached hydrogen (secondary N) is 3. The fourth-order valence-corrected chi connectivity index (χ4v) is 8.01. The van der Waals surface area contributed by atoms with Gasteiger partial charge in [0.05, 0.1) is 35.6 Å². The number of nitrogens with two attached hydrogens (primary N) is 1. The Kier molecular flexibility index (Phi) is 13.4. The number of carbonyl (C=O) groups is 5. The van der Waals surface area contributed by atoms with Gasteiger partial charge < -0.3 is 34.4 Å². The predicted molar refractivity (Wildman–Crippen MR) is 248 cm³/mol. The second-order valence-corrected chi connectivity index (χ2v) is 15.7. The number of benzene rings is 3. The molecule has 3 aromatic carbocycles. The summed E-state index contributed by atoms with van der Waals surface area (Å²) in [7, 11) is 0. The lowest BCUT2D eigenvalue weighted by atomic mass is 10.1. The van der Waals surface area contributed by atoms with Crippen LogP contribution in [0.25, 0.3) is 22.1 Å². The molecule has 0 spiro atoms. The smallest absolute Gasteiger partial charge is 0.298 e. The van der Waals surface area contributed by atoms with E-state index in [1.54, 1.807) is 74.0 Å². The van der Waals surface area contributed by atoms with Crippen LogP contribution < -0.4 is 35.9 Å². The maximum atomic E-state index is 13.9. The van der Waals surface area contributed by atoms with Crippen molar-refractivity contribution in [2.75, 3.05) is 30.4 Å². The van der Waals surface area contributed by atoms with Crippen LogP contribution in [0.5, 0.6) is 17.2 Å². The van der Waals surface area contributed by atoms with E-state index in [0.717, 1.165) is 5.56 Å². The van der Waals surface area contributed by atoms with Crippen LogP contribution in [0.4, 0.5) is 11.9 Å². The summed E-state index contributed by atoms with van der Waals surface area (Å²) in [6, 6.07) is 17.0. The Balaban J connectivity index is 1.15. The van der Waals surface area contributed by atoms with Crippen molar-refractivity contribution in [2.45, 2.75) is 73.1 Å². The van der Waals surface area contributed by atoms with E-state index in [1.165, 1.54) is 0 Å². The Hall–Kier alpha value is -8.29. The predicted octanol–water partition coefficient (Wildman–Crippen LogP) is 5.35. The summed E-state index contributed by atoms with van der Waals surface area (Å²) in [5.41, 5.74) is 10.9. The minimum Gasteiger partial charge on any atom is -0.491 e. The number of nitrogens with zero attached hydrogens (tertiary/aromatic N) is 8. The van der Waals surface area contributed by atoms with Gasteiger partial charge in [-0.25, -0.2) is 9.97 Å². The van der Waals surface area contributed by atoms with Crippen molar-refractivity contribution in [3.8, 4) is 17.2 Å². The van der Waals surface area contributed by atoms with Crippen LogP contribution in [-0.4, -0.2) is 88.5 Å². The molecule has 7 aromatic rings. The van der Waals surface area contributed by atoms with E-state index in [-0.39, 0.29) is 55.2 Å². The van der Waals surface area contributed by atoms with Gasteiger partial charge in [-0.3, -0.25) is 44.0 Å². The molecular formula is C47H50N12O8. The molecule has 0 aliphatic carbocycles. The number of aryl methyl sites for hydroxylation is 5. The number of primary amides is 1. The van der Waals surface area contributed by atoms with Crippen molar-refractivity contribution in [3.05, 3.63) is 112 Å². The monoisotopic (exact) mass is 910 g/mol. The molecule has 4 amide bonds. The SMILES string of the molecule is CCn1nc(C)cc1C(=O)Nc1nc2cc(C(N)=O)cc3c2n1C/C=C/Cn1c(NC(=O)c2cc(C)nn2CC)nc2cc(C(=O)NCCCc4ccccc4OC=O)cc(c21)OCCCO3. The Morgan fingerprint density at radius 1 is 0.746 bits per heavy atom. The Bertz CT molecular complexity index is 3070. The van der Waals surface area contributed by atoms with E-state index in [2.05, 4.69) is 26.1 Å². The Labute approximate surface area is 384 Å². The molecule has 5 N–H and O–H groups in total. The molecule has 0 saturated heterocycles. The van der Waals surface area contributed by atoms with E-state index >= 15 is 0 Å². The summed E-state index contributed by atoms with van der Waals surface area (Å²) in [5, 5.41) is 17.8. The largest absolute Gasteiger partial charge is 0.491 e. The molecular weight excluding hydrogens is 861 g/mol. The van der Waals surface area contributed by atoms with Crippen LogP contribution in [-0.2, 0) is 37.4 Å². The number of anilines is 2. The molecule has 5 heterocycles. The highest BCUT2D eigenvalue weighted by Gasteiger charge is 2.24. The fourth-order valence-electron chi connectivity index (χ4n) is 8.01. The molecule has 0 saturated carbocycles. The summed E-state index contributed by atoms with van der Waals surface area (Å²) in [6.07, 6.45) is 5.20. The Morgan fingerprint density at radius 3 is 1.82 bits per heavy atom. The van der Waals surface area contributed by atoms with Crippen LogP contribution in [0, 0.1) is 13.8 Å². The van der Waals surface area contributed by atoms with Crippen molar-refractivity contribution in [2.24, 2.45) is 5.73 Å². The van der Waals surface area contributed by atoms with Gasteiger partial charge in [0.15, 0.2) is 0 Å². The summed E-state index contributed by atoms with van der Waals surface area (Å²) in [4.78, 5) is 74.6. The topological polar surface area (TPSA) is 246 Å². The zero-order chi connectivity index (χ0) is 47.2. The van der Waals surface area contributed by atoms with Crippen LogP contribution in [0.2, 0.25) is 0 Å². The molecule has 346 valence electrons. The standard InChI is InChI=1S/C47H50N12O8/c1-5-58-35(21-28(3)54-58)44(63)52-46-50-33-23-31(42(48)61)25-38-40(33)56(46)17-9-10-18-57-41-34(51-47(57)53-45(64)36-22-29(4)55-59(36)6-2)24-32(26-39(41)66-20-12-19-65-38)43(62)49-16-11-14-30-13-7-8-15-37(30)67-27-60/h7-10,13,15,21-27H,5-6,11-12,14,16-20H2,1-4H3,(H2,48,61)(H,49,62)(H,50,52,63)(H,51,53,64)/b10-9+. The van der Waals surface area contributed by atoms with Crippen LogP contribution in [0.3, 0.4) is 0 Å². The number of rotatable bonds is 14. The van der Waals surface area contributed by atoms with Gasteiger partial charge in [0.2, 0.25) is 17.8 Å². The number of amides is 4. The molecule has 20 heteroatoms. The third-order valence-corrected chi connectivity index (χ3v) is 11.1. The number of hydrogen-bond donors (Lipinski definition) is 4. The number of carbonyl (C=O) groups excluding carboxylic acids is 5. The van der Waals surface area contributed by atoms with Gasteiger partial charge >= 0.3 is 0 Å². The molecule has 0 atom stereocenters. The summed E-state index contributed by atoms with van der Waals surface area (Å²) >= 11 is 0. The van der Waals surface area contributed by atoms with Gasteiger partial charge in [-0.15, -0.1) is 0 Å². The number of aromatic nitrogens is 8. The maximum absolute atomic E-state index is 13.9. The first-order valence-electron chi connectivity index (χ1n) is 21.9. The second-order valence-electron chi connectivity index (χ2n) is 15.7. The van der Waals surface area contributed by atoms with Crippen molar-refractivity contribution in [1.29, 1.82) is 0 Å². The molecule has 20 nitrogen and oxygen atoms in total. The first-order valence-corrected chi connectivity index (χ1v) is 21.9. The van der Waals surface area contributed by atoms with E-state index in [1.807, 2.05) is 45.1 Å². The Morgan fingerprint density at radius 2 is 1.28 bits per heavy atom. The lowest BCUT2D eigenvalue weighted by Crippen LogP contribution is -2.25. The lowest BCUT2D eigenvalue weighted by Gasteiger charge is -2.14. The number of para-hydroxylation sites is 1. The fraction of sp³-hybridized carbons (Fsp3) is 0.298. The molecule has 8 rings (SSSR count). The highest BCUT2D eigenvalue weighted by molar-refractivity contribution is 6.05. The van der Waals surface area contributed by atoms with Crippen molar-refractivity contribution in [1.82, 2.24) is 44.0 Å². The van der Waals surface area contributed by atoms with Crippen molar-refractivity contribution in [3.63, 3.8) is 0 Å². The lowest BCUT2D eigenvalue weighted by molar-refractivity contribution is -0.120. The van der Waals surface area contributed by atoms with Gasteiger partial charge in [0.1, 0.15) is 39.7 Å². The van der Waals surface area contributed by atoms with E-state index in [0.29, 0.717) is 107 Å². The molecule has 0 fully saturated rings. The highest BCUT2D eigenvalue weighted by atomic mass is 16.5. The van der Waals surface area contributed by atoms with Gasteiger partial charge in [-0.05, 0) is 88.6 Å². The zero-order valence-electron chi connectivity index (χ0n) is 37.5. The second kappa shape index (κ2) is 19.8. The maximum Gasteiger partial charge on any atom is 0.298 e. The zero-order valence-corrected chi connectivity index (χ0v) is 37.5. The number of ether oxygens (including phenoxy) is 3. The molecule has 4 aromatic heterocycles. The average molecular weight is 911 g/mol. The average Bonchev–Trinajstić information content (AvgIpc) is 4.08. The van der Waals surface area contributed by atoms with Gasteiger partial charge in [-0.1, -0.05) is 30.4 Å². The third kappa shape index (κ3) is 9.73. The minimum atomic E-state index is -0.682. The third-order valence-electron chi connectivity index (χ3n) is 11.1. The molecule has 1 aliphatic heterocycles. The van der Waals surface area contributed by atoms with E-state index < -0.39 is 17.7 Å². The summed E-state index contributed by atoms with van der Waals surface area (Å²) < 4.78 is 24.7. The quantitative estimate of drug-likeness (QED) is 0.0613. The van der Waals surface area contributed by atoms with Crippen LogP contribution in [0.15, 0.2) is 72.8 Å². The van der Waals surface area contributed by atoms with Crippen LogP contribution in [0.1, 0.15) is 85.3 Å². The molecule has 0 radical (unpaired) electrons. The number of allylic oxidation sites excluding steroid dienone is 2. The first-order chi connectivity index (χ1) is 32.5. The normalized spacial score (nSPS) is 13.2. The first kappa shape index (κ1) is 45.3. The molecule has 0 bridgehead atoms. The molecule has 67 heavy (non-hydrogen) atoms. The highest BCUT2D eigenvalue weighted by Crippen LogP contribution is 2.34. The minimum absolute atomic E-state index is 0.129. The van der Waals surface area contributed by atoms with Gasteiger partial charge in [-0.2, -0.15) is 10.2 Å².